The molecule has 0 aliphatic carbocycles. The highest BCUT2D eigenvalue weighted by Gasteiger charge is 2.23. The van der Waals surface area contributed by atoms with E-state index in [1.165, 1.54) is 42.5 Å². The molecule has 0 bridgehead atoms. The average molecular weight is 392 g/mol. The van der Waals surface area contributed by atoms with E-state index in [2.05, 4.69) is 10.6 Å². The molecule has 3 aromatic carbocycles. The third-order valence-corrected chi connectivity index (χ3v) is 4.24. The van der Waals surface area contributed by atoms with Crippen molar-refractivity contribution in [1.29, 1.82) is 0 Å². The van der Waals surface area contributed by atoms with Crippen molar-refractivity contribution in [2.45, 2.75) is 0 Å². The van der Waals surface area contributed by atoms with E-state index in [1.807, 2.05) is 0 Å². The highest BCUT2D eigenvalue weighted by atomic mass is 19.1. The van der Waals surface area contributed by atoms with Gasteiger partial charge in [0, 0.05) is 11.1 Å². The minimum atomic E-state index is -0.727. The van der Waals surface area contributed by atoms with Gasteiger partial charge in [-0.05, 0) is 42.5 Å². The number of halogens is 2. The number of carbonyl (C=O) groups is 2. The Hall–Kier alpha value is -4.00. The Labute approximate surface area is 164 Å². The zero-order valence-corrected chi connectivity index (χ0v) is 14.9. The SMILES string of the molecule is O=C(Nc1c(C(=O)Nc2cccc(F)c2)oc2ccccc12)c1ccccc1F. The summed E-state index contributed by atoms with van der Waals surface area (Å²) in [5, 5.41) is 5.56. The molecule has 29 heavy (non-hydrogen) atoms. The molecule has 144 valence electrons. The zero-order valence-electron chi connectivity index (χ0n) is 14.9. The first kappa shape index (κ1) is 18.4. The topological polar surface area (TPSA) is 71.3 Å². The standard InChI is InChI=1S/C22H14F2N2O3/c23-13-6-5-7-14(12-13)25-22(28)20-19(16-9-2-4-11-18(16)29-20)26-21(27)15-8-1-3-10-17(15)24/h1-12H,(H,25,28)(H,26,27). The maximum Gasteiger partial charge on any atom is 0.293 e. The summed E-state index contributed by atoms with van der Waals surface area (Å²) in [7, 11) is 0. The van der Waals surface area contributed by atoms with Gasteiger partial charge in [-0.25, -0.2) is 8.78 Å². The monoisotopic (exact) mass is 392 g/mol. The van der Waals surface area contributed by atoms with E-state index >= 15 is 0 Å². The fourth-order valence-corrected chi connectivity index (χ4v) is 2.91. The van der Waals surface area contributed by atoms with E-state index < -0.39 is 23.4 Å². The number of benzene rings is 3. The van der Waals surface area contributed by atoms with E-state index in [9.17, 15) is 18.4 Å². The molecule has 0 saturated carbocycles. The minimum Gasteiger partial charge on any atom is -0.449 e. The van der Waals surface area contributed by atoms with Crippen molar-refractivity contribution in [2.75, 3.05) is 10.6 Å². The highest BCUT2D eigenvalue weighted by Crippen LogP contribution is 2.32. The van der Waals surface area contributed by atoms with Crippen molar-refractivity contribution in [3.05, 3.63) is 95.8 Å². The Kier molecular flexibility index (Phi) is 4.78. The number of para-hydroxylation sites is 1. The number of furan rings is 1. The Balaban J connectivity index is 1.72. The van der Waals surface area contributed by atoms with E-state index in [4.69, 9.17) is 4.42 Å². The lowest BCUT2D eigenvalue weighted by Crippen LogP contribution is -2.18. The summed E-state index contributed by atoms with van der Waals surface area (Å²) in [6.45, 7) is 0. The van der Waals surface area contributed by atoms with Crippen LogP contribution in [0.5, 0.6) is 0 Å². The molecule has 1 aromatic heterocycles. The summed E-state index contributed by atoms with van der Waals surface area (Å²) in [5.41, 5.74) is 0.514. The number of rotatable bonds is 4. The lowest BCUT2D eigenvalue weighted by Gasteiger charge is -2.08. The van der Waals surface area contributed by atoms with Gasteiger partial charge in [0.15, 0.2) is 0 Å². The quantitative estimate of drug-likeness (QED) is 0.500. The molecule has 4 rings (SSSR count). The van der Waals surface area contributed by atoms with Crippen LogP contribution in [-0.2, 0) is 0 Å². The van der Waals surface area contributed by atoms with E-state index in [1.54, 1.807) is 24.3 Å². The highest BCUT2D eigenvalue weighted by molar-refractivity contribution is 6.16. The molecule has 0 spiro atoms. The molecule has 0 aliphatic heterocycles. The second-order valence-electron chi connectivity index (χ2n) is 6.20. The van der Waals surface area contributed by atoms with Crippen LogP contribution in [0, 0.1) is 11.6 Å². The van der Waals surface area contributed by atoms with Crippen LogP contribution < -0.4 is 10.6 Å². The summed E-state index contributed by atoms with van der Waals surface area (Å²) in [6, 6.07) is 17.6. The zero-order chi connectivity index (χ0) is 20.4. The molecular weight excluding hydrogens is 378 g/mol. The number of fused-ring (bicyclic) bond motifs is 1. The van der Waals surface area contributed by atoms with Gasteiger partial charge < -0.3 is 15.1 Å². The maximum atomic E-state index is 14.0. The lowest BCUT2D eigenvalue weighted by molar-refractivity contribution is 0.0999. The van der Waals surface area contributed by atoms with Crippen molar-refractivity contribution >= 4 is 34.2 Å². The van der Waals surface area contributed by atoms with Crippen LogP contribution in [0.4, 0.5) is 20.2 Å². The molecule has 7 heteroatoms. The predicted molar refractivity (Wildman–Crippen MR) is 105 cm³/mol. The Morgan fingerprint density at radius 1 is 0.793 bits per heavy atom. The molecule has 5 nitrogen and oxygen atoms in total. The smallest absolute Gasteiger partial charge is 0.293 e. The Morgan fingerprint density at radius 3 is 2.34 bits per heavy atom. The number of anilines is 2. The number of hydrogen-bond donors (Lipinski definition) is 2. The van der Waals surface area contributed by atoms with Crippen molar-refractivity contribution in [3.63, 3.8) is 0 Å². The largest absolute Gasteiger partial charge is 0.449 e. The van der Waals surface area contributed by atoms with Crippen LogP contribution in [0.2, 0.25) is 0 Å². The Morgan fingerprint density at radius 2 is 1.55 bits per heavy atom. The van der Waals surface area contributed by atoms with Gasteiger partial charge >= 0.3 is 0 Å². The third kappa shape index (κ3) is 3.70. The second-order valence-corrected chi connectivity index (χ2v) is 6.20. The normalized spacial score (nSPS) is 10.7. The van der Waals surface area contributed by atoms with Gasteiger partial charge in [-0.1, -0.05) is 30.3 Å². The molecule has 2 amide bonds. The predicted octanol–water partition coefficient (Wildman–Crippen LogP) is 5.22. The van der Waals surface area contributed by atoms with Gasteiger partial charge in [0.2, 0.25) is 5.76 Å². The number of nitrogens with one attached hydrogen (secondary N) is 2. The molecule has 0 fully saturated rings. The first-order chi connectivity index (χ1) is 14.0. The number of carbonyl (C=O) groups excluding carboxylic acids is 2. The average Bonchev–Trinajstić information content (AvgIpc) is 3.07. The molecule has 4 aromatic rings. The van der Waals surface area contributed by atoms with Crippen molar-refractivity contribution in [3.8, 4) is 0 Å². The van der Waals surface area contributed by atoms with Crippen LogP contribution in [0.1, 0.15) is 20.9 Å². The lowest BCUT2D eigenvalue weighted by atomic mass is 10.1. The van der Waals surface area contributed by atoms with Crippen molar-refractivity contribution < 1.29 is 22.8 Å². The van der Waals surface area contributed by atoms with Gasteiger partial charge in [-0.15, -0.1) is 0 Å². The summed E-state index contributed by atoms with van der Waals surface area (Å²) >= 11 is 0. The molecule has 1 heterocycles. The van der Waals surface area contributed by atoms with Crippen LogP contribution in [-0.4, -0.2) is 11.8 Å². The first-order valence-electron chi connectivity index (χ1n) is 8.67. The van der Waals surface area contributed by atoms with E-state index in [-0.39, 0.29) is 22.7 Å². The van der Waals surface area contributed by atoms with E-state index in [0.717, 1.165) is 6.07 Å². The number of amides is 2. The third-order valence-electron chi connectivity index (χ3n) is 4.24. The summed E-state index contributed by atoms with van der Waals surface area (Å²) in [4.78, 5) is 25.3. The second kappa shape index (κ2) is 7.55. The van der Waals surface area contributed by atoms with Crippen LogP contribution in [0.3, 0.4) is 0 Å². The molecule has 2 N–H and O–H groups in total. The van der Waals surface area contributed by atoms with E-state index in [0.29, 0.717) is 11.0 Å². The minimum absolute atomic E-state index is 0.0998. The van der Waals surface area contributed by atoms with Crippen molar-refractivity contribution in [2.24, 2.45) is 0 Å². The molecule has 0 radical (unpaired) electrons. The van der Waals surface area contributed by atoms with Crippen LogP contribution >= 0.6 is 0 Å². The van der Waals surface area contributed by atoms with Crippen molar-refractivity contribution in [1.82, 2.24) is 0 Å². The fourth-order valence-electron chi connectivity index (χ4n) is 2.91. The van der Waals surface area contributed by atoms with Gasteiger partial charge in [-0.3, -0.25) is 9.59 Å². The summed E-state index contributed by atoms with van der Waals surface area (Å²) in [5.74, 6) is -2.80. The molecular formula is C22H14F2N2O3. The molecule has 0 saturated heterocycles. The van der Waals surface area contributed by atoms with Gasteiger partial charge in [0.1, 0.15) is 22.9 Å². The summed E-state index contributed by atoms with van der Waals surface area (Å²) in [6.07, 6.45) is 0. The van der Waals surface area contributed by atoms with Gasteiger partial charge in [0.05, 0.1) is 5.56 Å². The molecule has 0 atom stereocenters. The Bertz CT molecular complexity index is 1230. The molecule has 0 aliphatic rings. The number of hydrogen-bond acceptors (Lipinski definition) is 3. The van der Waals surface area contributed by atoms with Gasteiger partial charge in [0.25, 0.3) is 11.8 Å². The first-order valence-corrected chi connectivity index (χ1v) is 8.67. The van der Waals surface area contributed by atoms with Gasteiger partial charge in [-0.2, -0.15) is 0 Å². The maximum absolute atomic E-state index is 14.0. The fraction of sp³-hybridized carbons (Fsp3) is 0. The van der Waals surface area contributed by atoms with Crippen LogP contribution in [0.15, 0.2) is 77.2 Å². The molecule has 0 unspecified atom stereocenters. The summed E-state index contributed by atoms with van der Waals surface area (Å²) < 4.78 is 33.0. The van der Waals surface area contributed by atoms with Crippen LogP contribution in [0.25, 0.3) is 11.0 Å².